The number of aliphatic hydroxyl groups is 1. The third-order valence-electron chi connectivity index (χ3n) is 12.0. The number of aliphatic hydroxyl groups excluding tert-OH is 1. The number of amides is 1. The second kappa shape index (κ2) is 13.4. The van der Waals surface area contributed by atoms with E-state index in [2.05, 4.69) is 41.9 Å². The summed E-state index contributed by atoms with van der Waals surface area (Å²) < 4.78 is 12.3. The van der Waals surface area contributed by atoms with Gasteiger partial charge in [-0.3, -0.25) is 25.5 Å². The molecule has 0 bridgehead atoms. The topological polar surface area (TPSA) is 178 Å². The molecule has 0 aromatic rings. The molecule has 256 valence electrons. The molecule has 2 saturated carbocycles. The van der Waals surface area contributed by atoms with Gasteiger partial charge in [-0.1, -0.05) is 12.8 Å². The van der Waals surface area contributed by atoms with Gasteiger partial charge in [-0.25, -0.2) is 15.8 Å². The quantitative estimate of drug-likeness (QED) is 0.152. The van der Waals surface area contributed by atoms with Crippen molar-refractivity contribution in [3.8, 4) is 0 Å². The van der Waals surface area contributed by atoms with Crippen LogP contribution >= 0.6 is 11.8 Å². The minimum atomic E-state index is -0.505. The zero-order chi connectivity index (χ0) is 31.4. The number of fused-ring (bicyclic) bond motifs is 3. The van der Waals surface area contributed by atoms with Crippen molar-refractivity contribution in [3.63, 3.8) is 0 Å². The molecule has 14 nitrogen and oxygen atoms in total. The average Bonchev–Trinajstić information content (AvgIpc) is 3.82. The fourth-order valence-corrected chi connectivity index (χ4v) is 11.2. The minimum absolute atomic E-state index is 0.00919. The molecule has 13 atom stereocenters. The Hall–Kier alpha value is -1.53. The number of nitrogens with two attached hydrogens (primary N) is 1. The first kappa shape index (κ1) is 31.7. The molecule has 0 spiro atoms. The smallest absolute Gasteiger partial charge is 0.226 e. The molecule has 1 amide bonds. The van der Waals surface area contributed by atoms with Crippen molar-refractivity contribution in [3.05, 3.63) is 12.0 Å². The maximum atomic E-state index is 13.3. The Morgan fingerprint density at radius 2 is 1.96 bits per heavy atom. The number of nitrogens with one attached hydrogen (secondary N) is 6. The van der Waals surface area contributed by atoms with Gasteiger partial charge in [0.2, 0.25) is 5.91 Å². The van der Waals surface area contributed by atoms with Gasteiger partial charge in [-0.05, 0) is 50.5 Å². The Bertz CT molecular complexity index is 1180. The van der Waals surface area contributed by atoms with Crippen molar-refractivity contribution in [2.45, 2.75) is 99.2 Å². The van der Waals surface area contributed by atoms with E-state index in [4.69, 9.17) is 15.2 Å². The van der Waals surface area contributed by atoms with E-state index in [1.165, 1.54) is 0 Å². The van der Waals surface area contributed by atoms with Gasteiger partial charge in [0.15, 0.2) is 11.7 Å². The third kappa shape index (κ3) is 5.98. The summed E-state index contributed by atoms with van der Waals surface area (Å²) in [7, 11) is 0. The highest BCUT2D eigenvalue weighted by molar-refractivity contribution is 8.01. The number of allylic oxidation sites excluding steroid dienone is 1. The first-order valence-electron chi connectivity index (χ1n) is 17.5. The van der Waals surface area contributed by atoms with Crippen LogP contribution < -0.4 is 37.9 Å². The lowest BCUT2D eigenvalue weighted by molar-refractivity contribution is -0.130. The molecule has 5 saturated heterocycles. The molecule has 6 aliphatic heterocycles. The number of carbonyl (C=O) groups excluding carboxylic acids is 2. The summed E-state index contributed by atoms with van der Waals surface area (Å²) in [6, 6.07) is 0.554. The van der Waals surface area contributed by atoms with E-state index in [-0.39, 0.29) is 65.8 Å². The van der Waals surface area contributed by atoms with E-state index in [1.54, 1.807) is 17.8 Å². The van der Waals surface area contributed by atoms with Crippen LogP contribution in [0, 0.1) is 23.7 Å². The van der Waals surface area contributed by atoms with Gasteiger partial charge in [0.05, 0.1) is 44.2 Å². The molecule has 0 aromatic heterocycles. The number of carbonyl (C=O) groups is 2. The van der Waals surface area contributed by atoms with Gasteiger partial charge >= 0.3 is 0 Å². The Labute approximate surface area is 275 Å². The summed E-state index contributed by atoms with van der Waals surface area (Å²) in [4.78, 5) is 30.7. The molecule has 0 radical (unpaired) electrons. The summed E-state index contributed by atoms with van der Waals surface area (Å²) in [5.41, 5.74) is 12.6. The number of hydrazine groups is 1. The number of morpholine rings is 1. The number of hydrogen-bond acceptors (Lipinski definition) is 14. The monoisotopic (exact) mass is 661 g/mol. The molecular weight excluding hydrogens is 610 g/mol. The molecule has 8 rings (SSSR count). The van der Waals surface area contributed by atoms with Crippen molar-refractivity contribution in [2.24, 2.45) is 29.4 Å². The van der Waals surface area contributed by atoms with Crippen molar-refractivity contribution in [2.75, 3.05) is 45.3 Å². The number of primary amides is 1. The number of hydrogen-bond donors (Lipinski definition) is 8. The zero-order valence-corrected chi connectivity index (χ0v) is 27.3. The molecule has 6 heterocycles. The van der Waals surface area contributed by atoms with Gasteiger partial charge in [-0.2, -0.15) is 0 Å². The summed E-state index contributed by atoms with van der Waals surface area (Å²) in [5, 5.41) is 25.7. The summed E-state index contributed by atoms with van der Waals surface area (Å²) in [5.74, 6) is 2.02. The molecule has 0 aromatic carbocycles. The highest BCUT2D eigenvalue weighted by Crippen LogP contribution is 2.48. The lowest BCUT2D eigenvalue weighted by Gasteiger charge is -2.50. The Kier molecular flexibility index (Phi) is 9.25. The van der Waals surface area contributed by atoms with E-state index in [9.17, 15) is 14.7 Å². The second-order valence-electron chi connectivity index (χ2n) is 14.6. The van der Waals surface area contributed by atoms with Gasteiger partial charge in [0.25, 0.3) is 0 Å². The van der Waals surface area contributed by atoms with Crippen LogP contribution in [0.1, 0.15) is 44.9 Å². The third-order valence-corrected chi connectivity index (χ3v) is 13.4. The molecule has 8 aliphatic rings. The van der Waals surface area contributed by atoms with E-state index >= 15 is 0 Å². The molecule has 2 aliphatic carbocycles. The van der Waals surface area contributed by atoms with E-state index < -0.39 is 5.92 Å². The molecular formula is C31H51N9O5S. The number of thioether (sulfide) groups is 1. The van der Waals surface area contributed by atoms with E-state index in [0.29, 0.717) is 43.6 Å². The zero-order valence-electron chi connectivity index (χ0n) is 26.4. The minimum Gasteiger partial charge on any atom is -0.474 e. The first-order valence-corrected chi connectivity index (χ1v) is 18.6. The van der Waals surface area contributed by atoms with Crippen molar-refractivity contribution < 1.29 is 24.2 Å². The molecule has 9 N–H and O–H groups in total. The Balaban J connectivity index is 1.00. The summed E-state index contributed by atoms with van der Waals surface area (Å²) in [6.45, 7) is 4.33. The Morgan fingerprint density at radius 1 is 1.11 bits per heavy atom. The highest BCUT2D eigenvalue weighted by atomic mass is 32.2. The van der Waals surface area contributed by atoms with Crippen LogP contribution in [0.25, 0.3) is 0 Å². The number of nitrogens with zero attached hydrogens (tertiary/aromatic N) is 2. The van der Waals surface area contributed by atoms with Crippen LogP contribution in [0.2, 0.25) is 0 Å². The van der Waals surface area contributed by atoms with Gasteiger partial charge < -0.3 is 30.5 Å². The molecule has 15 heteroatoms. The normalized spacial score (nSPS) is 46.3. The predicted octanol–water partition coefficient (Wildman–Crippen LogP) is -1.89. The van der Waals surface area contributed by atoms with E-state index in [1.807, 2.05) is 0 Å². The molecule has 11 unspecified atom stereocenters. The van der Waals surface area contributed by atoms with E-state index in [0.717, 1.165) is 70.3 Å². The predicted molar refractivity (Wildman–Crippen MR) is 171 cm³/mol. The largest absolute Gasteiger partial charge is 0.474 e. The fraction of sp³-hybridized carbons (Fsp3) is 0.871. The van der Waals surface area contributed by atoms with Crippen LogP contribution in [0.4, 0.5) is 0 Å². The first-order chi connectivity index (χ1) is 22.4. The SMILES string of the molecule is NC(=O)C1C(NC2CC3CCNC3C(C3CSC4C(=O)C=C(N5CCOCC5)OC43)C2)NC(N[C@@H]2CCCC[C@@H]2O)N2CNNC12. The van der Waals surface area contributed by atoms with Crippen molar-refractivity contribution >= 4 is 23.5 Å². The lowest BCUT2D eigenvalue weighted by Crippen LogP contribution is -2.76. The number of rotatable bonds is 7. The van der Waals surface area contributed by atoms with Gasteiger partial charge in [-0.15, -0.1) is 11.8 Å². The van der Waals surface area contributed by atoms with Gasteiger partial charge in [0, 0.05) is 49.0 Å². The molecule has 46 heavy (non-hydrogen) atoms. The maximum Gasteiger partial charge on any atom is 0.226 e. The molecule has 7 fully saturated rings. The number of ketones is 1. The van der Waals surface area contributed by atoms with Crippen LogP contribution in [0.5, 0.6) is 0 Å². The standard InChI is InChI=1S/C31H51N9O5S/c32-28(43)24-29(37-31(40-15-34-38-30(24)40)36-20-3-1-2-4-21(20)41)35-17-11-16-5-6-33-25(16)18(12-17)19-14-46-27-22(42)13-23(45-26(19)27)39-7-9-44-10-8-39/h13,16-21,24-27,29-31,33-38,41H,1-12,14-15H2,(H2,32,43)/t16?,17?,18?,19?,20-,21+,24?,25?,26?,27?,29?,30?,31?/m1/s1. The average molecular weight is 662 g/mol. The van der Waals surface area contributed by atoms with Crippen molar-refractivity contribution in [1.29, 1.82) is 0 Å². The highest BCUT2D eigenvalue weighted by Gasteiger charge is 2.55. The fourth-order valence-electron chi connectivity index (χ4n) is 9.68. The summed E-state index contributed by atoms with van der Waals surface area (Å²) in [6.07, 6.45) is 7.25. The summed E-state index contributed by atoms with van der Waals surface area (Å²) >= 11 is 1.75. The lowest BCUT2D eigenvalue weighted by atomic mass is 9.68. The van der Waals surface area contributed by atoms with Crippen LogP contribution in [0.3, 0.4) is 0 Å². The van der Waals surface area contributed by atoms with Crippen LogP contribution in [-0.2, 0) is 19.1 Å². The Morgan fingerprint density at radius 3 is 2.78 bits per heavy atom. The number of ether oxygens (including phenoxy) is 2. The maximum absolute atomic E-state index is 13.3. The van der Waals surface area contributed by atoms with Gasteiger partial charge in [0.1, 0.15) is 17.6 Å². The second-order valence-corrected chi connectivity index (χ2v) is 15.7. The van der Waals surface area contributed by atoms with Crippen molar-refractivity contribution in [1.82, 2.24) is 41.9 Å². The van der Waals surface area contributed by atoms with Crippen LogP contribution in [-0.4, -0.2) is 126 Å². The van der Waals surface area contributed by atoms with Crippen LogP contribution in [0.15, 0.2) is 12.0 Å².